The minimum absolute atomic E-state index is 0.0185. The molecule has 0 bridgehead atoms. The minimum atomic E-state index is -3.61. The molecule has 1 aromatic heterocycles. The van der Waals surface area contributed by atoms with Crippen LogP contribution < -0.4 is 0 Å². The number of hydrogen-bond acceptors (Lipinski definition) is 5. The predicted octanol–water partition coefficient (Wildman–Crippen LogP) is 2.20. The summed E-state index contributed by atoms with van der Waals surface area (Å²) in [4.78, 5) is 21.5. The lowest BCUT2D eigenvalue weighted by Crippen LogP contribution is -2.28. The number of hydrogen-bond donors (Lipinski definition) is 0. The van der Waals surface area contributed by atoms with Gasteiger partial charge in [0.15, 0.2) is 5.69 Å². The molecular weight excluding hydrogens is 338 g/mol. The highest BCUT2D eigenvalue weighted by atomic mass is 35.5. The number of amides is 1. The van der Waals surface area contributed by atoms with E-state index in [1.807, 2.05) is 30.3 Å². The van der Waals surface area contributed by atoms with E-state index in [1.54, 1.807) is 7.05 Å². The maximum absolute atomic E-state index is 12.5. The molecule has 23 heavy (non-hydrogen) atoms. The number of rotatable bonds is 5. The molecule has 6 nitrogen and oxygen atoms in total. The molecule has 0 saturated carbocycles. The molecule has 0 fully saturated rings. The van der Waals surface area contributed by atoms with Crippen molar-refractivity contribution in [2.45, 2.75) is 18.6 Å². The van der Waals surface area contributed by atoms with Gasteiger partial charge >= 0.3 is 0 Å². The third-order valence-corrected chi connectivity index (χ3v) is 4.98. The summed E-state index contributed by atoms with van der Waals surface area (Å²) in [5, 5.41) is -0.370. The quantitative estimate of drug-likeness (QED) is 0.770. The Morgan fingerprint density at radius 2 is 1.91 bits per heavy atom. The summed E-state index contributed by atoms with van der Waals surface area (Å²) < 4.78 is 23.7. The first kappa shape index (κ1) is 17.4. The van der Waals surface area contributed by atoms with Crippen LogP contribution in [0.1, 0.15) is 23.0 Å². The van der Waals surface area contributed by atoms with Crippen LogP contribution in [0.3, 0.4) is 0 Å². The fourth-order valence-electron chi connectivity index (χ4n) is 1.89. The van der Waals surface area contributed by atoms with Crippen molar-refractivity contribution in [3.05, 3.63) is 52.8 Å². The first-order chi connectivity index (χ1) is 10.8. The first-order valence-electron chi connectivity index (χ1n) is 6.90. The van der Waals surface area contributed by atoms with Gasteiger partial charge in [-0.1, -0.05) is 48.9 Å². The molecular formula is C15H16ClN3O3S. The molecule has 0 atom stereocenters. The average molecular weight is 354 g/mol. The van der Waals surface area contributed by atoms with Gasteiger partial charge in [0, 0.05) is 13.6 Å². The summed E-state index contributed by atoms with van der Waals surface area (Å²) in [5.74, 6) is -0.615. The lowest BCUT2D eigenvalue weighted by molar-refractivity contribution is 0.0778. The zero-order valence-corrected chi connectivity index (χ0v) is 14.3. The lowest BCUT2D eigenvalue weighted by Gasteiger charge is -2.17. The van der Waals surface area contributed by atoms with E-state index in [-0.39, 0.29) is 21.6 Å². The van der Waals surface area contributed by atoms with Gasteiger partial charge in [0.1, 0.15) is 0 Å². The standard InChI is InChI=1S/C15H16ClN3O3S/c1-3-23(21,22)15-17-9-12(16)13(18-15)14(20)19(2)10-11-7-5-4-6-8-11/h4-9H,3,10H2,1-2H3. The highest BCUT2D eigenvalue weighted by Gasteiger charge is 2.23. The topological polar surface area (TPSA) is 80.2 Å². The van der Waals surface area contributed by atoms with E-state index in [4.69, 9.17) is 11.6 Å². The maximum atomic E-state index is 12.5. The Morgan fingerprint density at radius 1 is 1.26 bits per heavy atom. The van der Waals surface area contributed by atoms with Crippen molar-refractivity contribution < 1.29 is 13.2 Å². The average Bonchev–Trinajstić information content (AvgIpc) is 2.55. The van der Waals surface area contributed by atoms with Crippen molar-refractivity contribution >= 4 is 27.3 Å². The summed E-state index contributed by atoms with van der Waals surface area (Å²) in [7, 11) is -2.01. The largest absolute Gasteiger partial charge is 0.336 e. The second-order valence-corrected chi connectivity index (χ2v) is 7.48. The number of carbonyl (C=O) groups excluding carboxylic acids is 1. The van der Waals surface area contributed by atoms with Gasteiger partial charge in [0.05, 0.1) is 17.0 Å². The zero-order valence-electron chi connectivity index (χ0n) is 12.7. The molecule has 0 aliphatic carbocycles. The molecule has 122 valence electrons. The van der Waals surface area contributed by atoms with E-state index >= 15 is 0 Å². The summed E-state index contributed by atoms with van der Waals surface area (Å²) in [6.07, 6.45) is 1.14. The number of benzene rings is 1. The number of nitrogens with zero attached hydrogens (tertiary/aromatic N) is 3. The fraction of sp³-hybridized carbons (Fsp3) is 0.267. The third-order valence-electron chi connectivity index (χ3n) is 3.19. The van der Waals surface area contributed by atoms with Crippen LogP contribution in [0.25, 0.3) is 0 Å². The van der Waals surface area contributed by atoms with E-state index in [9.17, 15) is 13.2 Å². The molecule has 0 N–H and O–H groups in total. The van der Waals surface area contributed by atoms with Crippen molar-refractivity contribution in [3.8, 4) is 0 Å². The number of sulfone groups is 1. The van der Waals surface area contributed by atoms with Crippen LogP contribution in [-0.4, -0.2) is 42.0 Å². The van der Waals surface area contributed by atoms with Gasteiger partial charge in [-0.25, -0.2) is 18.4 Å². The fourth-order valence-corrected chi connectivity index (χ4v) is 2.76. The van der Waals surface area contributed by atoms with E-state index in [1.165, 1.54) is 11.8 Å². The van der Waals surface area contributed by atoms with Crippen molar-refractivity contribution in [2.24, 2.45) is 0 Å². The van der Waals surface area contributed by atoms with Crippen LogP contribution in [0.4, 0.5) is 0 Å². The molecule has 0 aliphatic rings. The number of halogens is 1. The molecule has 0 radical (unpaired) electrons. The molecule has 1 amide bonds. The van der Waals surface area contributed by atoms with Crippen LogP contribution in [0.5, 0.6) is 0 Å². The SMILES string of the molecule is CCS(=O)(=O)c1ncc(Cl)c(C(=O)N(C)Cc2ccccc2)n1. The van der Waals surface area contributed by atoms with Gasteiger partial charge in [0.25, 0.3) is 5.91 Å². The van der Waals surface area contributed by atoms with Crippen LogP contribution in [-0.2, 0) is 16.4 Å². The highest BCUT2D eigenvalue weighted by Crippen LogP contribution is 2.17. The molecule has 1 aromatic carbocycles. The summed E-state index contributed by atoms with van der Waals surface area (Å²) >= 11 is 5.96. The Morgan fingerprint density at radius 3 is 2.52 bits per heavy atom. The van der Waals surface area contributed by atoms with E-state index < -0.39 is 15.7 Å². The summed E-state index contributed by atoms with van der Waals surface area (Å²) in [5.41, 5.74) is 0.821. The summed E-state index contributed by atoms with van der Waals surface area (Å²) in [6.45, 7) is 1.84. The van der Waals surface area contributed by atoms with E-state index in [2.05, 4.69) is 9.97 Å². The lowest BCUT2D eigenvalue weighted by atomic mass is 10.2. The Bertz CT molecular complexity index is 810. The molecule has 0 aliphatic heterocycles. The van der Waals surface area contributed by atoms with Crippen LogP contribution in [0.15, 0.2) is 41.7 Å². The highest BCUT2D eigenvalue weighted by molar-refractivity contribution is 7.91. The van der Waals surface area contributed by atoms with Gasteiger partial charge in [0.2, 0.25) is 15.0 Å². The minimum Gasteiger partial charge on any atom is -0.336 e. The van der Waals surface area contributed by atoms with Gasteiger partial charge in [-0.3, -0.25) is 4.79 Å². The molecule has 2 rings (SSSR count). The van der Waals surface area contributed by atoms with Crippen molar-refractivity contribution in [1.82, 2.24) is 14.9 Å². The van der Waals surface area contributed by atoms with Crippen molar-refractivity contribution in [3.63, 3.8) is 0 Å². The van der Waals surface area contributed by atoms with E-state index in [0.717, 1.165) is 11.8 Å². The second kappa shape index (κ2) is 7.06. The number of carbonyl (C=O) groups is 1. The Kier molecular flexibility index (Phi) is 5.33. The molecule has 0 unspecified atom stereocenters. The smallest absolute Gasteiger partial charge is 0.274 e. The molecule has 8 heteroatoms. The Balaban J connectivity index is 2.30. The second-order valence-electron chi connectivity index (χ2n) is 4.90. The van der Waals surface area contributed by atoms with Gasteiger partial charge < -0.3 is 4.90 Å². The normalized spacial score (nSPS) is 11.3. The summed E-state index contributed by atoms with van der Waals surface area (Å²) in [6, 6.07) is 9.40. The van der Waals surface area contributed by atoms with Gasteiger partial charge in [-0.15, -0.1) is 0 Å². The first-order valence-corrected chi connectivity index (χ1v) is 8.93. The monoisotopic (exact) mass is 353 g/mol. The predicted molar refractivity (Wildman–Crippen MR) is 87.0 cm³/mol. The Labute approximate surface area is 140 Å². The van der Waals surface area contributed by atoms with Crippen molar-refractivity contribution in [1.29, 1.82) is 0 Å². The van der Waals surface area contributed by atoms with Gasteiger partial charge in [-0.05, 0) is 5.56 Å². The van der Waals surface area contributed by atoms with Crippen LogP contribution in [0, 0.1) is 0 Å². The number of aromatic nitrogens is 2. The van der Waals surface area contributed by atoms with Crippen molar-refractivity contribution in [2.75, 3.05) is 12.8 Å². The molecule has 1 heterocycles. The maximum Gasteiger partial charge on any atom is 0.274 e. The molecule has 0 spiro atoms. The van der Waals surface area contributed by atoms with Crippen LogP contribution in [0.2, 0.25) is 5.02 Å². The molecule has 0 saturated heterocycles. The third kappa shape index (κ3) is 4.05. The van der Waals surface area contributed by atoms with Gasteiger partial charge in [-0.2, -0.15) is 0 Å². The van der Waals surface area contributed by atoms with E-state index in [0.29, 0.717) is 6.54 Å². The van der Waals surface area contributed by atoms with Crippen LogP contribution >= 0.6 is 11.6 Å². The zero-order chi connectivity index (χ0) is 17.0. The molecule has 2 aromatic rings. The Hall–Kier alpha value is -1.99.